The summed E-state index contributed by atoms with van der Waals surface area (Å²) in [5, 5.41) is 5.78. The highest BCUT2D eigenvalue weighted by Crippen LogP contribution is 2.15. The van der Waals surface area contributed by atoms with E-state index in [-0.39, 0.29) is 0 Å². The Balaban J connectivity index is 1.94. The van der Waals surface area contributed by atoms with E-state index in [9.17, 15) is 9.59 Å². The number of nitrogens with zero attached hydrogens (tertiary/aromatic N) is 2. The highest BCUT2D eigenvalue weighted by Gasteiger charge is 2.23. The van der Waals surface area contributed by atoms with Gasteiger partial charge in [0, 0.05) is 51.6 Å². The molecule has 1 aromatic rings. The van der Waals surface area contributed by atoms with Crippen molar-refractivity contribution < 1.29 is 9.59 Å². The summed E-state index contributed by atoms with van der Waals surface area (Å²) >= 11 is 0. The molecule has 1 aliphatic rings. The Hall–Kier alpha value is -2.08. The molecule has 1 aliphatic heterocycles. The van der Waals surface area contributed by atoms with Crippen molar-refractivity contribution in [1.29, 1.82) is 0 Å². The van der Waals surface area contributed by atoms with Crippen LogP contribution in [-0.2, 0) is 9.59 Å². The van der Waals surface area contributed by atoms with Crippen molar-refractivity contribution in [2.75, 3.05) is 50.5 Å². The zero-order valence-corrected chi connectivity index (χ0v) is 11.8. The molecule has 0 atom stereocenters. The third-order valence-electron chi connectivity index (χ3n) is 3.24. The van der Waals surface area contributed by atoms with Crippen LogP contribution in [0, 0.1) is 0 Å². The molecule has 2 rings (SSSR count). The second-order valence-corrected chi connectivity index (χ2v) is 4.94. The standard InChI is InChI=1S/C14H20N4O2/c1-17(2)12-5-3-11(4-6-12)16-13(19)14(20)18-9-7-15-8-10-18/h3-6,15H,7-10H2,1-2H3,(H,16,19). The molecule has 6 nitrogen and oxygen atoms in total. The van der Waals surface area contributed by atoms with E-state index in [1.807, 2.05) is 31.1 Å². The molecule has 0 aliphatic carbocycles. The van der Waals surface area contributed by atoms with Gasteiger partial charge < -0.3 is 20.4 Å². The lowest BCUT2D eigenvalue weighted by molar-refractivity contribution is -0.143. The van der Waals surface area contributed by atoms with Crippen LogP contribution in [0.1, 0.15) is 0 Å². The van der Waals surface area contributed by atoms with Gasteiger partial charge in [0.15, 0.2) is 0 Å². The van der Waals surface area contributed by atoms with Gasteiger partial charge in [-0.2, -0.15) is 0 Å². The minimum Gasteiger partial charge on any atom is -0.378 e. The first-order chi connectivity index (χ1) is 9.58. The van der Waals surface area contributed by atoms with Gasteiger partial charge in [0.1, 0.15) is 0 Å². The highest BCUT2D eigenvalue weighted by atomic mass is 16.2. The number of piperazine rings is 1. The van der Waals surface area contributed by atoms with Crippen LogP contribution in [-0.4, -0.2) is 57.0 Å². The van der Waals surface area contributed by atoms with E-state index in [1.165, 1.54) is 0 Å². The molecule has 2 N–H and O–H groups in total. The summed E-state index contributed by atoms with van der Waals surface area (Å²) in [6, 6.07) is 7.37. The zero-order valence-electron chi connectivity index (χ0n) is 11.8. The van der Waals surface area contributed by atoms with Gasteiger partial charge in [-0.1, -0.05) is 0 Å². The second-order valence-electron chi connectivity index (χ2n) is 4.94. The number of hydrogen-bond acceptors (Lipinski definition) is 4. The molecule has 0 bridgehead atoms. The fraction of sp³-hybridized carbons (Fsp3) is 0.429. The molecule has 1 aromatic carbocycles. The first-order valence-corrected chi connectivity index (χ1v) is 6.66. The van der Waals surface area contributed by atoms with E-state index in [0.29, 0.717) is 18.8 Å². The topological polar surface area (TPSA) is 64.7 Å². The predicted octanol–water partition coefficient (Wildman–Crippen LogP) is 0.123. The Kier molecular flexibility index (Phi) is 4.57. The van der Waals surface area contributed by atoms with Crippen LogP contribution in [0.25, 0.3) is 0 Å². The van der Waals surface area contributed by atoms with Crippen molar-refractivity contribution in [1.82, 2.24) is 10.2 Å². The molecule has 0 unspecified atom stereocenters. The number of carbonyl (C=O) groups excluding carboxylic acids is 2. The maximum atomic E-state index is 12.0. The normalized spacial score (nSPS) is 14.8. The number of hydrogen-bond donors (Lipinski definition) is 2. The summed E-state index contributed by atoms with van der Waals surface area (Å²) in [6.45, 7) is 2.62. The summed E-state index contributed by atoms with van der Waals surface area (Å²) in [6.07, 6.45) is 0. The number of anilines is 2. The highest BCUT2D eigenvalue weighted by molar-refractivity contribution is 6.39. The quantitative estimate of drug-likeness (QED) is 0.753. The van der Waals surface area contributed by atoms with Crippen LogP contribution in [0.15, 0.2) is 24.3 Å². The van der Waals surface area contributed by atoms with Crippen LogP contribution in [0.5, 0.6) is 0 Å². The van der Waals surface area contributed by atoms with Gasteiger partial charge in [0.25, 0.3) is 0 Å². The summed E-state index contributed by atoms with van der Waals surface area (Å²) in [7, 11) is 3.89. The number of nitrogens with one attached hydrogen (secondary N) is 2. The maximum Gasteiger partial charge on any atom is 0.313 e. The van der Waals surface area contributed by atoms with Crippen molar-refractivity contribution in [3.05, 3.63) is 24.3 Å². The minimum absolute atomic E-state index is 0.469. The Morgan fingerprint density at radius 2 is 1.75 bits per heavy atom. The lowest BCUT2D eigenvalue weighted by Crippen LogP contribution is -2.49. The SMILES string of the molecule is CN(C)c1ccc(NC(=O)C(=O)N2CCNCC2)cc1. The Morgan fingerprint density at radius 1 is 1.15 bits per heavy atom. The summed E-state index contributed by atoms with van der Waals surface area (Å²) in [5.41, 5.74) is 1.67. The van der Waals surface area contributed by atoms with Crippen LogP contribution in [0.2, 0.25) is 0 Å². The van der Waals surface area contributed by atoms with Crippen molar-refractivity contribution in [3.8, 4) is 0 Å². The lowest BCUT2D eigenvalue weighted by Gasteiger charge is -2.26. The van der Waals surface area contributed by atoms with Crippen LogP contribution in [0.3, 0.4) is 0 Å². The smallest absolute Gasteiger partial charge is 0.313 e. The summed E-state index contributed by atoms with van der Waals surface area (Å²) < 4.78 is 0. The predicted molar refractivity (Wildman–Crippen MR) is 78.8 cm³/mol. The van der Waals surface area contributed by atoms with Gasteiger partial charge in [0.05, 0.1) is 0 Å². The number of benzene rings is 1. The molecule has 0 saturated carbocycles. The molecule has 0 radical (unpaired) electrons. The number of rotatable bonds is 2. The molecular weight excluding hydrogens is 256 g/mol. The van der Waals surface area contributed by atoms with Crippen LogP contribution in [0.4, 0.5) is 11.4 Å². The molecule has 20 heavy (non-hydrogen) atoms. The van der Waals surface area contributed by atoms with E-state index >= 15 is 0 Å². The first-order valence-electron chi connectivity index (χ1n) is 6.66. The van der Waals surface area contributed by atoms with E-state index in [2.05, 4.69) is 10.6 Å². The molecule has 1 heterocycles. The average molecular weight is 276 g/mol. The van der Waals surface area contributed by atoms with Gasteiger partial charge in [-0.25, -0.2) is 0 Å². The molecule has 1 saturated heterocycles. The molecule has 0 spiro atoms. The Labute approximate surface area is 118 Å². The van der Waals surface area contributed by atoms with E-state index < -0.39 is 11.8 Å². The molecule has 2 amide bonds. The zero-order chi connectivity index (χ0) is 14.5. The van der Waals surface area contributed by atoms with Crippen molar-refractivity contribution in [3.63, 3.8) is 0 Å². The van der Waals surface area contributed by atoms with Gasteiger partial charge in [0.2, 0.25) is 0 Å². The molecule has 1 fully saturated rings. The van der Waals surface area contributed by atoms with E-state index in [1.54, 1.807) is 17.0 Å². The van der Waals surface area contributed by atoms with Gasteiger partial charge >= 0.3 is 11.8 Å². The van der Waals surface area contributed by atoms with Crippen molar-refractivity contribution in [2.24, 2.45) is 0 Å². The maximum absolute atomic E-state index is 12.0. The summed E-state index contributed by atoms with van der Waals surface area (Å²) in [4.78, 5) is 27.4. The van der Waals surface area contributed by atoms with Crippen LogP contribution >= 0.6 is 0 Å². The number of amides is 2. The van der Waals surface area contributed by atoms with E-state index in [4.69, 9.17) is 0 Å². The monoisotopic (exact) mass is 276 g/mol. The molecule has 6 heteroatoms. The third kappa shape index (κ3) is 3.48. The third-order valence-corrected chi connectivity index (χ3v) is 3.24. The fourth-order valence-corrected chi connectivity index (χ4v) is 2.04. The summed E-state index contributed by atoms with van der Waals surface area (Å²) in [5.74, 6) is -1.05. The average Bonchev–Trinajstić information content (AvgIpc) is 2.48. The van der Waals surface area contributed by atoms with Gasteiger partial charge in [-0.3, -0.25) is 9.59 Å². The van der Waals surface area contributed by atoms with Crippen LogP contribution < -0.4 is 15.5 Å². The Morgan fingerprint density at radius 3 is 2.30 bits per heavy atom. The molecular formula is C14H20N4O2. The van der Waals surface area contributed by atoms with Gasteiger partial charge in [-0.15, -0.1) is 0 Å². The first kappa shape index (κ1) is 14.3. The van der Waals surface area contributed by atoms with Crippen molar-refractivity contribution >= 4 is 23.2 Å². The molecule has 0 aromatic heterocycles. The minimum atomic E-state index is -0.579. The molecule has 108 valence electrons. The fourth-order valence-electron chi connectivity index (χ4n) is 2.04. The largest absolute Gasteiger partial charge is 0.378 e. The van der Waals surface area contributed by atoms with Gasteiger partial charge in [-0.05, 0) is 24.3 Å². The Bertz CT molecular complexity index is 478. The van der Waals surface area contributed by atoms with E-state index in [0.717, 1.165) is 18.8 Å². The van der Waals surface area contributed by atoms with Crippen molar-refractivity contribution in [2.45, 2.75) is 0 Å². The second kappa shape index (κ2) is 6.38. The number of carbonyl (C=O) groups is 2. The lowest BCUT2D eigenvalue weighted by atomic mass is 10.2.